The summed E-state index contributed by atoms with van der Waals surface area (Å²) in [5.41, 5.74) is 1.07. The van der Waals surface area contributed by atoms with Crippen LogP contribution in [0.3, 0.4) is 0 Å². The molecule has 1 aliphatic heterocycles. The van der Waals surface area contributed by atoms with Gasteiger partial charge < -0.3 is 10.0 Å². The molecule has 1 N–H and O–H groups in total. The lowest BCUT2D eigenvalue weighted by Crippen LogP contribution is -2.22. The molecule has 0 radical (unpaired) electrons. The molecule has 0 aliphatic carbocycles. The number of aromatic nitrogens is 1. The SMILES string of the molecule is O[C@@H]1CCN(c2cc(Cl)ncc2I)C1. The van der Waals surface area contributed by atoms with Crippen LogP contribution in [-0.4, -0.2) is 29.3 Å². The van der Waals surface area contributed by atoms with Gasteiger partial charge in [0.25, 0.3) is 0 Å². The van der Waals surface area contributed by atoms with Crippen molar-refractivity contribution in [2.24, 2.45) is 0 Å². The summed E-state index contributed by atoms with van der Waals surface area (Å²) >= 11 is 8.06. The number of nitrogens with zero attached hydrogens (tertiary/aromatic N) is 2. The molecule has 0 aromatic carbocycles. The van der Waals surface area contributed by atoms with Crippen LogP contribution >= 0.6 is 34.2 Å². The summed E-state index contributed by atoms with van der Waals surface area (Å²) in [7, 11) is 0. The van der Waals surface area contributed by atoms with E-state index in [-0.39, 0.29) is 6.10 Å². The van der Waals surface area contributed by atoms with Gasteiger partial charge in [-0.2, -0.15) is 0 Å². The van der Waals surface area contributed by atoms with Crippen molar-refractivity contribution in [2.45, 2.75) is 12.5 Å². The Bertz CT molecular complexity index is 348. The summed E-state index contributed by atoms with van der Waals surface area (Å²) in [6.07, 6.45) is 2.37. The Labute approximate surface area is 101 Å². The highest BCUT2D eigenvalue weighted by Crippen LogP contribution is 2.27. The van der Waals surface area contributed by atoms with Crippen LogP contribution in [0, 0.1) is 3.57 Å². The fourth-order valence-electron chi connectivity index (χ4n) is 1.61. The highest BCUT2D eigenvalue weighted by molar-refractivity contribution is 14.1. The second kappa shape index (κ2) is 4.20. The Morgan fingerprint density at radius 2 is 2.43 bits per heavy atom. The first-order valence-electron chi connectivity index (χ1n) is 4.41. The van der Waals surface area contributed by atoms with Crippen molar-refractivity contribution in [2.75, 3.05) is 18.0 Å². The third-order valence-electron chi connectivity index (χ3n) is 2.31. The Balaban J connectivity index is 2.27. The quantitative estimate of drug-likeness (QED) is 0.633. The maximum absolute atomic E-state index is 9.43. The lowest BCUT2D eigenvalue weighted by molar-refractivity contribution is 0.198. The first kappa shape index (κ1) is 10.4. The fourth-order valence-corrected chi connectivity index (χ4v) is 2.39. The monoisotopic (exact) mass is 324 g/mol. The first-order valence-corrected chi connectivity index (χ1v) is 5.86. The minimum Gasteiger partial charge on any atom is -0.391 e. The number of β-amino-alcohol motifs (C(OH)–C–C–N with tert-alkyl or cyclic N) is 1. The van der Waals surface area contributed by atoms with Crippen molar-refractivity contribution in [3.63, 3.8) is 0 Å². The average Bonchev–Trinajstić information content (AvgIpc) is 2.56. The predicted octanol–water partition coefficient (Wildman–Crippen LogP) is 1.91. The molecule has 0 unspecified atom stereocenters. The second-order valence-electron chi connectivity index (χ2n) is 3.35. The molecule has 1 fully saturated rings. The lowest BCUT2D eigenvalue weighted by Gasteiger charge is -2.19. The van der Waals surface area contributed by atoms with Crippen molar-refractivity contribution in [3.8, 4) is 0 Å². The molecule has 2 rings (SSSR count). The van der Waals surface area contributed by atoms with E-state index in [1.54, 1.807) is 6.20 Å². The summed E-state index contributed by atoms with van der Waals surface area (Å²) in [5.74, 6) is 0. The zero-order chi connectivity index (χ0) is 10.1. The summed E-state index contributed by atoms with van der Waals surface area (Å²) in [4.78, 5) is 6.14. The third-order valence-corrected chi connectivity index (χ3v) is 3.34. The van der Waals surface area contributed by atoms with Crippen LogP contribution in [0.4, 0.5) is 5.69 Å². The van der Waals surface area contributed by atoms with Crippen molar-refractivity contribution in [1.29, 1.82) is 0 Å². The van der Waals surface area contributed by atoms with E-state index in [4.69, 9.17) is 11.6 Å². The van der Waals surface area contributed by atoms with Crippen LogP contribution in [-0.2, 0) is 0 Å². The van der Waals surface area contributed by atoms with Crippen LogP contribution < -0.4 is 4.90 Å². The first-order chi connectivity index (χ1) is 6.66. The van der Waals surface area contributed by atoms with E-state index >= 15 is 0 Å². The molecular formula is C9H10ClIN2O. The molecule has 3 nitrogen and oxygen atoms in total. The van der Waals surface area contributed by atoms with E-state index in [0.717, 1.165) is 22.2 Å². The minimum absolute atomic E-state index is 0.210. The van der Waals surface area contributed by atoms with Crippen LogP contribution in [0.2, 0.25) is 5.15 Å². The standard InChI is InChI=1S/C9H10ClIN2O/c10-9-3-8(7(11)4-12-9)13-2-1-6(14)5-13/h3-4,6,14H,1-2,5H2/t6-/m1/s1. The van der Waals surface area contributed by atoms with E-state index < -0.39 is 0 Å². The maximum atomic E-state index is 9.43. The largest absolute Gasteiger partial charge is 0.391 e. The molecule has 1 saturated heterocycles. The molecule has 0 spiro atoms. The van der Waals surface area contributed by atoms with E-state index in [1.165, 1.54) is 0 Å². The highest BCUT2D eigenvalue weighted by Gasteiger charge is 2.22. The van der Waals surface area contributed by atoms with E-state index in [0.29, 0.717) is 11.7 Å². The number of hydrogen-bond acceptors (Lipinski definition) is 3. The smallest absolute Gasteiger partial charge is 0.131 e. The van der Waals surface area contributed by atoms with Gasteiger partial charge in [0.1, 0.15) is 5.15 Å². The Hall–Kier alpha value is -0.0700. The molecule has 0 bridgehead atoms. The van der Waals surface area contributed by atoms with Crippen molar-refractivity contribution in [1.82, 2.24) is 4.98 Å². The predicted molar refractivity (Wildman–Crippen MR) is 64.8 cm³/mol. The van der Waals surface area contributed by atoms with Crippen LogP contribution in [0.1, 0.15) is 6.42 Å². The summed E-state index contributed by atoms with van der Waals surface area (Å²) in [6, 6.07) is 1.85. The second-order valence-corrected chi connectivity index (χ2v) is 4.90. The topological polar surface area (TPSA) is 36.4 Å². The van der Waals surface area contributed by atoms with Gasteiger partial charge in [-0.1, -0.05) is 11.6 Å². The number of rotatable bonds is 1. The van der Waals surface area contributed by atoms with Gasteiger partial charge in [-0.15, -0.1) is 0 Å². The molecule has 0 amide bonds. The number of pyridine rings is 1. The zero-order valence-corrected chi connectivity index (χ0v) is 10.4. The van der Waals surface area contributed by atoms with Gasteiger partial charge in [0.05, 0.1) is 15.4 Å². The van der Waals surface area contributed by atoms with Crippen molar-refractivity contribution < 1.29 is 5.11 Å². The Morgan fingerprint density at radius 1 is 1.64 bits per heavy atom. The molecule has 1 aromatic rings. The molecule has 0 saturated carbocycles. The summed E-state index contributed by atoms with van der Waals surface area (Å²) in [5, 5.41) is 9.93. The average molecular weight is 325 g/mol. The van der Waals surface area contributed by atoms with Gasteiger partial charge in [-0.3, -0.25) is 0 Å². The van der Waals surface area contributed by atoms with Crippen LogP contribution in [0.5, 0.6) is 0 Å². The summed E-state index contributed by atoms with van der Waals surface area (Å²) < 4.78 is 1.07. The molecular weight excluding hydrogens is 314 g/mol. The number of hydrogen-bond donors (Lipinski definition) is 1. The van der Waals surface area contributed by atoms with Gasteiger partial charge in [0, 0.05) is 19.3 Å². The molecule has 14 heavy (non-hydrogen) atoms. The van der Waals surface area contributed by atoms with Gasteiger partial charge in [0.2, 0.25) is 0 Å². The van der Waals surface area contributed by atoms with Gasteiger partial charge in [-0.25, -0.2) is 4.98 Å². The molecule has 1 aliphatic rings. The number of aliphatic hydroxyl groups is 1. The van der Waals surface area contributed by atoms with Crippen LogP contribution in [0.15, 0.2) is 12.3 Å². The molecule has 2 heterocycles. The number of aliphatic hydroxyl groups excluding tert-OH is 1. The third kappa shape index (κ3) is 2.12. The maximum Gasteiger partial charge on any atom is 0.131 e. The van der Waals surface area contributed by atoms with Gasteiger partial charge >= 0.3 is 0 Å². The van der Waals surface area contributed by atoms with Crippen molar-refractivity contribution in [3.05, 3.63) is 21.0 Å². The van der Waals surface area contributed by atoms with E-state index in [2.05, 4.69) is 32.5 Å². The van der Waals surface area contributed by atoms with Gasteiger partial charge in [0.15, 0.2) is 0 Å². The normalized spacial score (nSPS) is 21.6. The number of anilines is 1. The fraction of sp³-hybridized carbons (Fsp3) is 0.444. The highest BCUT2D eigenvalue weighted by atomic mass is 127. The van der Waals surface area contributed by atoms with E-state index in [1.807, 2.05) is 6.07 Å². The molecule has 1 atom stereocenters. The Kier molecular flexibility index (Phi) is 3.14. The molecule has 76 valence electrons. The van der Waals surface area contributed by atoms with E-state index in [9.17, 15) is 5.11 Å². The van der Waals surface area contributed by atoms with Gasteiger partial charge in [-0.05, 0) is 35.1 Å². The lowest BCUT2D eigenvalue weighted by atomic mass is 10.3. The van der Waals surface area contributed by atoms with Crippen LogP contribution in [0.25, 0.3) is 0 Å². The molecule has 5 heteroatoms. The summed E-state index contributed by atoms with van der Waals surface area (Å²) in [6.45, 7) is 1.58. The Morgan fingerprint density at radius 3 is 3.07 bits per heavy atom. The number of halogens is 2. The zero-order valence-electron chi connectivity index (χ0n) is 7.45. The molecule has 1 aromatic heterocycles. The minimum atomic E-state index is -0.210. The van der Waals surface area contributed by atoms with Crippen molar-refractivity contribution >= 4 is 39.9 Å².